The molecule has 0 radical (unpaired) electrons. The van der Waals surface area contributed by atoms with Crippen LogP contribution in [0.25, 0.3) is 0 Å². The number of aliphatic hydroxyl groups excluding tert-OH is 1. The summed E-state index contributed by atoms with van der Waals surface area (Å²) in [4.78, 5) is 2.70. The lowest BCUT2D eigenvalue weighted by Gasteiger charge is -2.01. The molecule has 0 aromatic carbocycles. The Labute approximate surface area is 69.1 Å². The highest BCUT2D eigenvalue weighted by atomic mass is 79.9. The molecule has 2 N–H and O–H groups in total. The molecule has 56 valence electrons. The van der Waals surface area contributed by atoms with Gasteiger partial charge in [-0.1, -0.05) is 5.92 Å². The van der Waals surface area contributed by atoms with Gasteiger partial charge in [0.2, 0.25) is 0 Å². The Bertz CT molecular complexity index is 161. The summed E-state index contributed by atoms with van der Waals surface area (Å²) in [6, 6.07) is 0.262. The molecule has 1 aliphatic rings. The molecule has 2 atom stereocenters. The zero-order valence-electron chi connectivity index (χ0n) is 5.60. The van der Waals surface area contributed by atoms with Crippen LogP contribution >= 0.6 is 15.9 Å². The van der Waals surface area contributed by atoms with E-state index in [0.717, 1.165) is 13.0 Å². The van der Waals surface area contributed by atoms with Crippen LogP contribution in [-0.4, -0.2) is 24.3 Å². The molecule has 0 bridgehead atoms. The van der Waals surface area contributed by atoms with E-state index in [-0.39, 0.29) is 12.6 Å². The Morgan fingerprint density at radius 3 is 3.00 bits per heavy atom. The third kappa shape index (κ3) is 1.98. The Morgan fingerprint density at radius 2 is 2.50 bits per heavy atom. The van der Waals surface area contributed by atoms with Crippen molar-refractivity contribution in [2.75, 3.05) is 13.2 Å². The standard InChI is InChI=1S/C7H10BrNO/c8-2-1-6-3-7(5-10)9-4-6/h6-7,9-10H,3-5H2/t6-,7+/m0/s1. The summed E-state index contributed by atoms with van der Waals surface area (Å²) in [5, 5.41) is 11.9. The van der Waals surface area contributed by atoms with Crippen molar-refractivity contribution < 1.29 is 5.11 Å². The second-order valence-electron chi connectivity index (χ2n) is 2.46. The van der Waals surface area contributed by atoms with Crippen LogP contribution in [-0.2, 0) is 0 Å². The van der Waals surface area contributed by atoms with Gasteiger partial charge >= 0.3 is 0 Å². The molecule has 1 fully saturated rings. The van der Waals surface area contributed by atoms with Gasteiger partial charge in [-0.05, 0) is 11.3 Å². The van der Waals surface area contributed by atoms with E-state index in [9.17, 15) is 0 Å². The maximum atomic E-state index is 8.73. The number of nitrogens with one attached hydrogen (secondary N) is 1. The van der Waals surface area contributed by atoms with Crippen molar-refractivity contribution in [2.45, 2.75) is 12.5 Å². The van der Waals surface area contributed by atoms with Crippen LogP contribution in [0.15, 0.2) is 0 Å². The van der Waals surface area contributed by atoms with Gasteiger partial charge in [0.1, 0.15) is 0 Å². The van der Waals surface area contributed by atoms with Crippen molar-refractivity contribution >= 4 is 15.9 Å². The Morgan fingerprint density at radius 1 is 1.70 bits per heavy atom. The van der Waals surface area contributed by atoms with E-state index in [1.807, 2.05) is 0 Å². The highest BCUT2D eigenvalue weighted by molar-refractivity contribution is 9.12. The van der Waals surface area contributed by atoms with Crippen molar-refractivity contribution in [3.8, 4) is 10.8 Å². The van der Waals surface area contributed by atoms with Crippen LogP contribution in [0.2, 0.25) is 0 Å². The summed E-state index contributed by atoms with van der Waals surface area (Å²) in [5.74, 6) is 3.42. The lowest BCUT2D eigenvalue weighted by atomic mass is 10.1. The van der Waals surface area contributed by atoms with E-state index in [4.69, 9.17) is 5.11 Å². The van der Waals surface area contributed by atoms with Crippen molar-refractivity contribution in [3.05, 3.63) is 0 Å². The largest absolute Gasteiger partial charge is 0.395 e. The maximum Gasteiger partial charge on any atom is 0.0585 e. The molecule has 1 saturated heterocycles. The smallest absolute Gasteiger partial charge is 0.0585 e. The van der Waals surface area contributed by atoms with Gasteiger partial charge < -0.3 is 10.4 Å². The predicted molar refractivity (Wildman–Crippen MR) is 43.7 cm³/mol. The second-order valence-corrected chi connectivity index (χ2v) is 2.86. The fraction of sp³-hybridized carbons (Fsp3) is 0.714. The number of aliphatic hydroxyl groups is 1. The van der Waals surface area contributed by atoms with E-state index >= 15 is 0 Å². The highest BCUT2D eigenvalue weighted by Crippen LogP contribution is 2.11. The van der Waals surface area contributed by atoms with Crippen LogP contribution in [0.5, 0.6) is 0 Å². The fourth-order valence-corrected chi connectivity index (χ4v) is 1.47. The molecule has 0 aromatic rings. The SMILES string of the molecule is OC[C@H]1C[C@H](C#CBr)CN1. The van der Waals surface area contributed by atoms with E-state index < -0.39 is 0 Å². The molecular weight excluding hydrogens is 194 g/mol. The van der Waals surface area contributed by atoms with Crippen molar-refractivity contribution in [3.63, 3.8) is 0 Å². The summed E-state index contributed by atoms with van der Waals surface area (Å²) in [6.45, 7) is 1.13. The Kier molecular flexibility index (Phi) is 3.20. The first-order valence-electron chi connectivity index (χ1n) is 3.32. The van der Waals surface area contributed by atoms with Crippen molar-refractivity contribution in [1.29, 1.82) is 0 Å². The van der Waals surface area contributed by atoms with Crippen LogP contribution in [0.4, 0.5) is 0 Å². The van der Waals surface area contributed by atoms with Gasteiger partial charge in [0, 0.05) is 34.4 Å². The number of halogens is 1. The first-order chi connectivity index (χ1) is 4.86. The molecule has 10 heavy (non-hydrogen) atoms. The molecular formula is C7H10BrNO. The molecule has 0 unspecified atom stereocenters. The number of rotatable bonds is 1. The summed E-state index contributed by atoms with van der Waals surface area (Å²) in [5.41, 5.74) is 0. The maximum absolute atomic E-state index is 8.73. The third-order valence-corrected chi connectivity index (χ3v) is 1.93. The molecule has 2 nitrogen and oxygen atoms in total. The number of hydrogen-bond donors (Lipinski definition) is 2. The predicted octanol–water partition coefficient (Wildman–Crippen LogP) is 0.313. The van der Waals surface area contributed by atoms with Crippen LogP contribution in [0.3, 0.4) is 0 Å². The zero-order chi connectivity index (χ0) is 7.40. The highest BCUT2D eigenvalue weighted by Gasteiger charge is 2.21. The molecule has 0 aliphatic carbocycles. The molecule has 0 amide bonds. The monoisotopic (exact) mass is 203 g/mol. The summed E-state index contributed by atoms with van der Waals surface area (Å²) >= 11 is 3.05. The van der Waals surface area contributed by atoms with Crippen molar-refractivity contribution in [2.24, 2.45) is 5.92 Å². The molecule has 0 aromatic heterocycles. The second kappa shape index (κ2) is 3.97. The van der Waals surface area contributed by atoms with Crippen LogP contribution in [0, 0.1) is 16.7 Å². The Balaban J connectivity index is 2.33. The lowest BCUT2D eigenvalue weighted by molar-refractivity contribution is 0.254. The molecule has 0 saturated carbocycles. The number of hydrogen-bond acceptors (Lipinski definition) is 2. The Hall–Kier alpha value is -0.0400. The van der Waals surface area contributed by atoms with Gasteiger partial charge in [0.05, 0.1) is 6.61 Å². The van der Waals surface area contributed by atoms with Crippen LogP contribution in [0.1, 0.15) is 6.42 Å². The topological polar surface area (TPSA) is 32.3 Å². The van der Waals surface area contributed by atoms with E-state index in [0.29, 0.717) is 5.92 Å². The minimum atomic E-state index is 0.223. The molecule has 1 rings (SSSR count). The molecule has 0 spiro atoms. The zero-order valence-corrected chi connectivity index (χ0v) is 7.19. The van der Waals surface area contributed by atoms with Gasteiger partial charge in [-0.15, -0.1) is 0 Å². The summed E-state index contributed by atoms with van der Waals surface area (Å²) < 4.78 is 0. The third-order valence-electron chi connectivity index (χ3n) is 1.70. The average Bonchev–Trinajstić information content (AvgIpc) is 2.37. The van der Waals surface area contributed by atoms with E-state index in [1.54, 1.807) is 0 Å². The quantitative estimate of drug-likeness (QED) is 0.602. The summed E-state index contributed by atoms with van der Waals surface area (Å²) in [7, 11) is 0. The molecule has 1 heterocycles. The first-order valence-corrected chi connectivity index (χ1v) is 4.11. The van der Waals surface area contributed by atoms with Gasteiger partial charge in [0.15, 0.2) is 0 Å². The first kappa shape index (κ1) is 8.06. The van der Waals surface area contributed by atoms with E-state index in [1.165, 1.54) is 0 Å². The van der Waals surface area contributed by atoms with Crippen LogP contribution < -0.4 is 5.32 Å². The summed E-state index contributed by atoms with van der Waals surface area (Å²) in [6.07, 6.45) is 0.967. The minimum absolute atomic E-state index is 0.223. The van der Waals surface area contributed by atoms with Gasteiger partial charge in [-0.2, -0.15) is 0 Å². The van der Waals surface area contributed by atoms with Gasteiger partial charge in [-0.25, -0.2) is 0 Å². The van der Waals surface area contributed by atoms with Gasteiger partial charge in [0.25, 0.3) is 0 Å². The molecule has 1 aliphatic heterocycles. The van der Waals surface area contributed by atoms with E-state index in [2.05, 4.69) is 32.0 Å². The minimum Gasteiger partial charge on any atom is -0.395 e. The van der Waals surface area contributed by atoms with Crippen molar-refractivity contribution in [1.82, 2.24) is 5.32 Å². The lowest BCUT2D eigenvalue weighted by Crippen LogP contribution is -2.24. The van der Waals surface area contributed by atoms with Gasteiger partial charge in [-0.3, -0.25) is 0 Å². The molecule has 3 heteroatoms. The average molecular weight is 204 g/mol. The fourth-order valence-electron chi connectivity index (χ4n) is 1.15. The normalized spacial score (nSPS) is 31.4.